The number of ether oxygens (including phenoxy) is 1. The molecule has 0 saturated heterocycles. The first kappa shape index (κ1) is 20.3. The number of nitrogens with one attached hydrogen (secondary N) is 2. The Kier molecular flexibility index (Phi) is 7.25. The lowest BCUT2D eigenvalue weighted by Gasteiger charge is -2.16. The summed E-state index contributed by atoms with van der Waals surface area (Å²) in [6.45, 7) is 0.189. The van der Waals surface area contributed by atoms with Gasteiger partial charge >= 0.3 is 0 Å². The number of methoxy groups -OCH3 is 1. The molecule has 0 unspecified atom stereocenters. The van der Waals surface area contributed by atoms with Gasteiger partial charge in [0, 0.05) is 12.2 Å². The van der Waals surface area contributed by atoms with Crippen molar-refractivity contribution in [2.24, 2.45) is 0 Å². The average Bonchev–Trinajstić information content (AvgIpc) is 2.62. The van der Waals surface area contributed by atoms with E-state index in [4.69, 9.17) is 4.74 Å². The summed E-state index contributed by atoms with van der Waals surface area (Å²) in [5, 5.41) is 5.05. The Balaban J connectivity index is 1.75. The highest BCUT2D eigenvalue weighted by Crippen LogP contribution is 2.18. The summed E-state index contributed by atoms with van der Waals surface area (Å²) >= 11 is 0. The van der Waals surface area contributed by atoms with Crippen LogP contribution in [-0.2, 0) is 16.1 Å². The predicted molar refractivity (Wildman–Crippen MR) is 97.3 cm³/mol. The highest BCUT2D eigenvalue weighted by Gasteiger charge is 2.11. The van der Waals surface area contributed by atoms with Crippen molar-refractivity contribution in [1.82, 2.24) is 10.2 Å². The fraction of sp³-hybridized carbons (Fsp3) is 0.263. The van der Waals surface area contributed by atoms with E-state index in [2.05, 4.69) is 10.6 Å². The van der Waals surface area contributed by atoms with Gasteiger partial charge in [0.05, 0.1) is 20.2 Å². The van der Waals surface area contributed by atoms with Crippen LogP contribution in [0.25, 0.3) is 0 Å². The molecule has 2 N–H and O–H groups in total. The lowest BCUT2D eigenvalue weighted by atomic mass is 10.2. The molecule has 6 nitrogen and oxygen atoms in total. The van der Waals surface area contributed by atoms with Gasteiger partial charge in [-0.1, -0.05) is 6.07 Å². The van der Waals surface area contributed by atoms with Crippen molar-refractivity contribution in [3.8, 4) is 5.75 Å². The number of amides is 2. The second kappa shape index (κ2) is 9.63. The second-order valence-corrected chi connectivity index (χ2v) is 5.97. The van der Waals surface area contributed by atoms with Gasteiger partial charge in [0.15, 0.2) is 11.6 Å². The molecule has 144 valence electrons. The second-order valence-electron chi connectivity index (χ2n) is 5.97. The molecule has 2 rings (SSSR count). The Morgan fingerprint density at radius 2 is 1.78 bits per heavy atom. The third-order valence-electron chi connectivity index (χ3n) is 3.66. The van der Waals surface area contributed by atoms with Crippen LogP contribution in [-0.4, -0.2) is 44.0 Å². The van der Waals surface area contributed by atoms with Crippen LogP contribution in [0, 0.1) is 11.6 Å². The van der Waals surface area contributed by atoms with Crippen molar-refractivity contribution in [2.45, 2.75) is 6.54 Å². The molecule has 0 spiro atoms. The first-order valence-corrected chi connectivity index (χ1v) is 8.20. The van der Waals surface area contributed by atoms with Gasteiger partial charge in [-0.05, 0) is 49.0 Å². The van der Waals surface area contributed by atoms with E-state index in [-0.39, 0.29) is 24.7 Å². The minimum Gasteiger partial charge on any atom is -0.494 e. The zero-order chi connectivity index (χ0) is 19.8. The number of hydrogen-bond acceptors (Lipinski definition) is 4. The zero-order valence-electron chi connectivity index (χ0n) is 15.1. The van der Waals surface area contributed by atoms with Gasteiger partial charge in [-0.2, -0.15) is 0 Å². The van der Waals surface area contributed by atoms with Gasteiger partial charge in [0.25, 0.3) is 0 Å². The molecule has 27 heavy (non-hydrogen) atoms. The van der Waals surface area contributed by atoms with E-state index < -0.39 is 17.5 Å². The van der Waals surface area contributed by atoms with Crippen LogP contribution in [0.3, 0.4) is 0 Å². The molecule has 0 aliphatic heterocycles. The SMILES string of the molecule is COc1ccc(CN(C)CC(=O)NCC(=O)Nc2ccc(F)cc2)cc1F. The molecule has 0 aromatic heterocycles. The molecule has 2 aromatic rings. The Morgan fingerprint density at radius 1 is 1.07 bits per heavy atom. The van der Waals surface area contributed by atoms with Crippen molar-refractivity contribution in [1.29, 1.82) is 0 Å². The van der Waals surface area contributed by atoms with Gasteiger partial charge in [0.2, 0.25) is 11.8 Å². The Morgan fingerprint density at radius 3 is 2.41 bits per heavy atom. The Bertz CT molecular complexity index is 797. The van der Waals surface area contributed by atoms with Crippen LogP contribution < -0.4 is 15.4 Å². The molecule has 0 aliphatic rings. The highest BCUT2D eigenvalue weighted by molar-refractivity contribution is 5.94. The number of halogens is 2. The van der Waals surface area contributed by atoms with E-state index in [9.17, 15) is 18.4 Å². The van der Waals surface area contributed by atoms with Crippen LogP contribution in [0.2, 0.25) is 0 Å². The monoisotopic (exact) mass is 377 g/mol. The summed E-state index contributed by atoms with van der Waals surface area (Å²) in [5.41, 5.74) is 1.13. The maximum Gasteiger partial charge on any atom is 0.243 e. The summed E-state index contributed by atoms with van der Waals surface area (Å²) in [5.74, 6) is -1.48. The number of rotatable bonds is 8. The van der Waals surface area contributed by atoms with Crippen molar-refractivity contribution in [3.63, 3.8) is 0 Å². The molecule has 0 bridgehead atoms. The molecule has 0 heterocycles. The lowest BCUT2D eigenvalue weighted by Crippen LogP contribution is -2.39. The molecular weight excluding hydrogens is 356 g/mol. The summed E-state index contributed by atoms with van der Waals surface area (Å²) in [4.78, 5) is 25.4. The highest BCUT2D eigenvalue weighted by atomic mass is 19.1. The van der Waals surface area contributed by atoms with Crippen molar-refractivity contribution >= 4 is 17.5 Å². The van der Waals surface area contributed by atoms with Crippen molar-refractivity contribution in [3.05, 3.63) is 59.7 Å². The van der Waals surface area contributed by atoms with Crippen molar-refractivity contribution in [2.75, 3.05) is 32.6 Å². The maximum absolute atomic E-state index is 13.7. The van der Waals surface area contributed by atoms with Crippen LogP contribution in [0.15, 0.2) is 42.5 Å². The number of benzene rings is 2. The smallest absolute Gasteiger partial charge is 0.243 e. The first-order valence-electron chi connectivity index (χ1n) is 8.20. The van der Waals surface area contributed by atoms with Gasteiger partial charge in [-0.25, -0.2) is 8.78 Å². The number of nitrogens with zero attached hydrogens (tertiary/aromatic N) is 1. The van der Waals surface area contributed by atoms with E-state index in [0.29, 0.717) is 17.8 Å². The third kappa shape index (κ3) is 6.67. The number of carbonyl (C=O) groups excluding carboxylic acids is 2. The summed E-state index contributed by atoms with van der Waals surface area (Å²) < 4.78 is 31.4. The van der Waals surface area contributed by atoms with Gasteiger partial charge in [-0.3, -0.25) is 14.5 Å². The normalized spacial score (nSPS) is 10.6. The molecule has 2 aromatic carbocycles. The topological polar surface area (TPSA) is 70.7 Å². The third-order valence-corrected chi connectivity index (χ3v) is 3.66. The number of hydrogen-bond donors (Lipinski definition) is 2. The largest absolute Gasteiger partial charge is 0.494 e. The van der Waals surface area contributed by atoms with E-state index >= 15 is 0 Å². The first-order chi connectivity index (χ1) is 12.9. The molecule has 0 radical (unpaired) electrons. The van der Waals surface area contributed by atoms with Crippen LogP contribution >= 0.6 is 0 Å². The minimum atomic E-state index is -0.467. The molecule has 2 amide bonds. The average molecular weight is 377 g/mol. The van der Waals surface area contributed by atoms with E-state index in [0.717, 1.165) is 0 Å². The van der Waals surface area contributed by atoms with E-state index in [1.807, 2.05) is 0 Å². The van der Waals surface area contributed by atoms with Crippen LogP contribution in [0.4, 0.5) is 14.5 Å². The number of carbonyl (C=O) groups is 2. The van der Waals surface area contributed by atoms with Crippen LogP contribution in [0.5, 0.6) is 5.75 Å². The summed E-state index contributed by atoms with van der Waals surface area (Å²) in [7, 11) is 3.10. The number of likely N-dealkylation sites (N-methyl/N-ethyl adjacent to an activating group) is 1. The molecular formula is C19H21F2N3O3. The standard InChI is InChI=1S/C19H21F2N3O3/c1-24(11-13-3-8-17(27-2)16(21)9-13)12-19(26)22-10-18(25)23-15-6-4-14(20)5-7-15/h3-9H,10-12H2,1-2H3,(H,22,26)(H,23,25). The maximum atomic E-state index is 13.7. The van der Waals surface area contributed by atoms with Gasteiger partial charge in [0.1, 0.15) is 5.82 Å². The summed E-state index contributed by atoms with van der Waals surface area (Å²) in [6, 6.07) is 9.90. The Hall–Kier alpha value is -3.00. The van der Waals surface area contributed by atoms with Gasteiger partial charge in [-0.15, -0.1) is 0 Å². The quantitative estimate of drug-likeness (QED) is 0.740. The molecule has 8 heteroatoms. The minimum absolute atomic E-state index is 0.0392. The molecule has 0 aliphatic carbocycles. The van der Waals surface area contributed by atoms with E-state index in [1.165, 1.54) is 43.5 Å². The zero-order valence-corrected chi connectivity index (χ0v) is 15.1. The summed E-state index contributed by atoms with van der Waals surface area (Å²) in [6.07, 6.45) is 0. The molecule has 0 saturated carbocycles. The lowest BCUT2D eigenvalue weighted by molar-refractivity contribution is -0.124. The van der Waals surface area contributed by atoms with E-state index in [1.54, 1.807) is 18.0 Å². The predicted octanol–water partition coefficient (Wildman–Crippen LogP) is 2.16. The number of anilines is 1. The molecule has 0 fully saturated rings. The molecule has 0 atom stereocenters. The Labute approximate surface area is 156 Å². The van der Waals surface area contributed by atoms with Crippen LogP contribution in [0.1, 0.15) is 5.56 Å². The van der Waals surface area contributed by atoms with Crippen molar-refractivity contribution < 1.29 is 23.1 Å². The fourth-order valence-electron chi connectivity index (χ4n) is 2.39. The van der Waals surface area contributed by atoms with Gasteiger partial charge < -0.3 is 15.4 Å². The fourth-order valence-corrected chi connectivity index (χ4v) is 2.39.